The van der Waals surface area contributed by atoms with Crippen LogP contribution in [0, 0.1) is 0 Å². The fourth-order valence-electron chi connectivity index (χ4n) is 5.64. The van der Waals surface area contributed by atoms with Gasteiger partial charge in [-0.2, -0.15) is 0 Å². The number of nitrogens with one attached hydrogen (secondary N) is 2. The van der Waals surface area contributed by atoms with E-state index < -0.39 is 0 Å². The quantitative estimate of drug-likeness (QED) is 0.352. The summed E-state index contributed by atoms with van der Waals surface area (Å²) < 4.78 is 5.52. The van der Waals surface area contributed by atoms with Crippen molar-refractivity contribution in [3.05, 3.63) is 101 Å². The third-order valence-electron chi connectivity index (χ3n) is 7.87. The molecule has 2 atom stereocenters. The molecule has 0 spiro atoms. The van der Waals surface area contributed by atoms with Crippen molar-refractivity contribution in [2.45, 2.75) is 44.8 Å². The summed E-state index contributed by atoms with van der Waals surface area (Å²) in [5, 5.41) is 7.41. The fourth-order valence-corrected chi connectivity index (χ4v) is 5.92. The highest BCUT2D eigenvalue weighted by Crippen LogP contribution is 2.43. The van der Waals surface area contributed by atoms with Gasteiger partial charge in [0, 0.05) is 38.4 Å². The van der Waals surface area contributed by atoms with Crippen LogP contribution in [0.1, 0.15) is 54.0 Å². The van der Waals surface area contributed by atoms with E-state index in [1.165, 1.54) is 22.4 Å². The van der Waals surface area contributed by atoms with Gasteiger partial charge in [-0.15, -0.1) is 0 Å². The Balaban J connectivity index is 1.15. The molecule has 1 aliphatic heterocycles. The lowest BCUT2D eigenvalue weighted by atomic mass is 9.98. The van der Waals surface area contributed by atoms with E-state index >= 15 is 0 Å². The number of hydrogen-bond donors (Lipinski definition) is 2. The van der Waals surface area contributed by atoms with Crippen molar-refractivity contribution in [2.24, 2.45) is 0 Å². The second kappa shape index (κ2) is 13.0. The molecule has 2 N–H and O–H groups in total. The molecule has 0 aromatic heterocycles. The van der Waals surface area contributed by atoms with Gasteiger partial charge in [-0.05, 0) is 71.8 Å². The SMILES string of the molecule is CCC1CC(NC(=O)OCc2ccccc2)c2cc(N3CCN(C(=S)NCCc4ccccc4)CC3)ccc21. The van der Waals surface area contributed by atoms with Gasteiger partial charge in [-0.1, -0.05) is 73.7 Å². The Labute approximate surface area is 237 Å². The van der Waals surface area contributed by atoms with Gasteiger partial charge >= 0.3 is 6.09 Å². The molecule has 1 aliphatic carbocycles. The van der Waals surface area contributed by atoms with Gasteiger partial charge in [0.25, 0.3) is 0 Å². The summed E-state index contributed by atoms with van der Waals surface area (Å²) in [7, 11) is 0. The normalized spacial score (nSPS) is 18.4. The van der Waals surface area contributed by atoms with E-state index in [-0.39, 0.29) is 18.7 Å². The highest BCUT2D eigenvalue weighted by Gasteiger charge is 2.32. The average Bonchev–Trinajstić information content (AvgIpc) is 3.33. The number of piperazine rings is 1. The van der Waals surface area contributed by atoms with Crippen LogP contribution in [0.25, 0.3) is 0 Å². The van der Waals surface area contributed by atoms with Crippen LogP contribution in [0.3, 0.4) is 0 Å². The molecule has 204 valence electrons. The van der Waals surface area contributed by atoms with Gasteiger partial charge in [0.15, 0.2) is 5.11 Å². The van der Waals surface area contributed by atoms with E-state index in [9.17, 15) is 4.79 Å². The first-order chi connectivity index (χ1) is 19.1. The number of ether oxygens (including phenoxy) is 1. The molecule has 2 aliphatic rings. The highest BCUT2D eigenvalue weighted by atomic mass is 32.1. The minimum absolute atomic E-state index is 0.0316. The standard InChI is InChI=1S/C32H38N4O2S/c1-2-26-21-30(34-32(37)38-23-25-11-7-4-8-12-25)29-22-27(13-14-28(26)29)35-17-19-36(20-18-35)31(39)33-16-15-24-9-5-3-6-10-24/h3-14,22,26,30H,2,15-21,23H2,1H3,(H,33,39)(H,34,37). The molecule has 0 radical (unpaired) electrons. The Morgan fingerprint density at radius 1 is 0.923 bits per heavy atom. The monoisotopic (exact) mass is 542 g/mol. The van der Waals surface area contributed by atoms with Crippen LogP contribution < -0.4 is 15.5 Å². The molecule has 6 nitrogen and oxygen atoms in total. The van der Waals surface area contributed by atoms with Crippen LogP contribution >= 0.6 is 12.2 Å². The summed E-state index contributed by atoms with van der Waals surface area (Å²) in [6.45, 7) is 6.93. The van der Waals surface area contributed by atoms with Crippen LogP contribution in [0.5, 0.6) is 0 Å². The van der Waals surface area contributed by atoms with Crippen LogP contribution in [0.15, 0.2) is 78.9 Å². The van der Waals surface area contributed by atoms with E-state index in [0.29, 0.717) is 5.92 Å². The largest absolute Gasteiger partial charge is 0.445 e. The topological polar surface area (TPSA) is 56.8 Å². The summed E-state index contributed by atoms with van der Waals surface area (Å²) >= 11 is 5.69. The summed E-state index contributed by atoms with van der Waals surface area (Å²) in [4.78, 5) is 17.3. The van der Waals surface area contributed by atoms with Gasteiger partial charge in [0.05, 0.1) is 6.04 Å². The number of carbonyl (C=O) groups is 1. The Kier molecular flexibility index (Phi) is 8.99. The van der Waals surface area contributed by atoms with E-state index in [0.717, 1.165) is 62.7 Å². The number of benzene rings is 3. The van der Waals surface area contributed by atoms with Crippen molar-refractivity contribution in [3.8, 4) is 0 Å². The number of fused-ring (bicyclic) bond motifs is 1. The molecule has 39 heavy (non-hydrogen) atoms. The summed E-state index contributed by atoms with van der Waals surface area (Å²) in [6.07, 6.45) is 2.56. The second-order valence-corrected chi connectivity index (χ2v) is 10.7. The van der Waals surface area contributed by atoms with Crippen molar-refractivity contribution in [1.82, 2.24) is 15.5 Å². The Bertz CT molecular complexity index is 1250. The van der Waals surface area contributed by atoms with Gasteiger partial charge in [-0.3, -0.25) is 0 Å². The first kappa shape index (κ1) is 27.0. The molecular formula is C32H38N4O2S. The molecule has 3 aromatic rings. The number of alkyl carbamates (subject to hydrolysis) is 1. The zero-order chi connectivity index (χ0) is 27.0. The first-order valence-electron chi connectivity index (χ1n) is 14.0. The maximum Gasteiger partial charge on any atom is 0.407 e. The Morgan fingerprint density at radius 3 is 2.31 bits per heavy atom. The molecule has 1 heterocycles. The molecule has 3 aromatic carbocycles. The minimum atomic E-state index is -0.362. The zero-order valence-electron chi connectivity index (χ0n) is 22.6. The lowest BCUT2D eigenvalue weighted by Crippen LogP contribution is -2.52. The molecular weight excluding hydrogens is 504 g/mol. The third kappa shape index (κ3) is 6.90. The fraction of sp³-hybridized carbons (Fsp3) is 0.375. The van der Waals surface area contributed by atoms with Crippen LogP contribution in [-0.2, 0) is 17.8 Å². The number of nitrogens with zero attached hydrogens (tertiary/aromatic N) is 2. The van der Waals surface area contributed by atoms with Crippen LogP contribution in [0.4, 0.5) is 10.5 Å². The van der Waals surface area contributed by atoms with Gasteiger partial charge in [-0.25, -0.2) is 4.79 Å². The van der Waals surface area contributed by atoms with Crippen molar-refractivity contribution >= 4 is 29.1 Å². The number of hydrogen-bond acceptors (Lipinski definition) is 4. The smallest absolute Gasteiger partial charge is 0.407 e. The highest BCUT2D eigenvalue weighted by molar-refractivity contribution is 7.80. The summed E-state index contributed by atoms with van der Waals surface area (Å²) in [6, 6.07) is 27.0. The number of amides is 1. The van der Waals surface area contributed by atoms with E-state index in [4.69, 9.17) is 17.0 Å². The minimum Gasteiger partial charge on any atom is -0.445 e. The van der Waals surface area contributed by atoms with Crippen molar-refractivity contribution in [2.75, 3.05) is 37.6 Å². The van der Waals surface area contributed by atoms with Crippen molar-refractivity contribution in [3.63, 3.8) is 0 Å². The number of thiocarbonyl (C=S) groups is 1. The molecule has 0 saturated carbocycles. The predicted octanol–water partition coefficient (Wildman–Crippen LogP) is 5.79. The molecule has 0 bridgehead atoms. The van der Waals surface area contributed by atoms with Crippen molar-refractivity contribution in [1.29, 1.82) is 0 Å². The first-order valence-corrected chi connectivity index (χ1v) is 14.4. The Morgan fingerprint density at radius 2 is 1.62 bits per heavy atom. The molecule has 2 unspecified atom stereocenters. The Hall–Kier alpha value is -3.58. The van der Waals surface area contributed by atoms with E-state index in [1.807, 2.05) is 36.4 Å². The maximum absolute atomic E-state index is 12.7. The van der Waals surface area contributed by atoms with Crippen LogP contribution in [0.2, 0.25) is 0 Å². The molecule has 1 fully saturated rings. The lowest BCUT2D eigenvalue weighted by Gasteiger charge is -2.37. The number of rotatable bonds is 8. The van der Waals surface area contributed by atoms with E-state index in [1.54, 1.807) is 0 Å². The number of carbonyl (C=O) groups excluding carboxylic acids is 1. The van der Waals surface area contributed by atoms with Gasteiger partial charge < -0.3 is 25.2 Å². The van der Waals surface area contributed by atoms with Gasteiger partial charge in [0.2, 0.25) is 0 Å². The molecule has 5 rings (SSSR count). The van der Waals surface area contributed by atoms with Crippen LogP contribution in [-0.4, -0.2) is 48.8 Å². The summed E-state index contributed by atoms with van der Waals surface area (Å²) in [5.41, 5.74) is 6.07. The van der Waals surface area contributed by atoms with Gasteiger partial charge in [0.1, 0.15) is 6.61 Å². The summed E-state index contributed by atoms with van der Waals surface area (Å²) in [5.74, 6) is 0.449. The average molecular weight is 543 g/mol. The zero-order valence-corrected chi connectivity index (χ0v) is 23.5. The lowest BCUT2D eigenvalue weighted by molar-refractivity contribution is 0.135. The molecule has 1 saturated heterocycles. The van der Waals surface area contributed by atoms with Crippen molar-refractivity contribution < 1.29 is 9.53 Å². The van der Waals surface area contributed by atoms with E-state index in [2.05, 4.69) is 69.8 Å². The maximum atomic E-state index is 12.7. The second-order valence-electron chi connectivity index (χ2n) is 10.4. The molecule has 1 amide bonds. The molecule has 7 heteroatoms. The number of anilines is 1. The third-order valence-corrected chi connectivity index (χ3v) is 8.27. The predicted molar refractivity (Wildman–Crippen MR) is 161 cm³/mol.